The van der Waals surface area contributed by atoms with Crippen molar-refractivity contribution in [2.75, 3.05) is 0 Å². The topological polar surface area (TPSA) is 13.1 Å². The Labute approximate surface area is 306 Å². The van der Waals surface area contributed by atoms with Crippen molar-refractivity contribution in [3.63, 3.8) is 0 Å². The van der Waals surface area contributed by atoms with Crippen LogP contribution in [0.3, 0.4) is 0 Å². The number of fused-ring (bicyclic) bond motifs is 7. The number of rotatable bonds is 4. The second-order valence-corrected chi connectivity index (χ2v) is 15.9. The van der Waals surface area contributed by atoms with Crippen molar-refractivity contribution in [2.45, 2.75) is 0 Å². The molecule has 0 radical (unpaired) electrons. The number of furan rings is 1. The first-order valence-electron chi connectivity index (χ1n) is 17.7. The van der Waals surface area contributed by atoms with Crippen molar-refractivity contribution in [1.82, 2.24) is 0 Å². The Kier molecular flexibility index (Phi) is 6.64. The average Bonchev–Trinajstić information content (AvgIpc) is 3.87. The monoisotopic (exact) mass is 726 g/mol. The Balaban J connectivity index is 1.13. The summed E-state index contributed by atoms with van der Waals surface area (Å²) >= 11 is 0.211. The molecule has 9 aromatic carbocycles. The number of hydrogen-bond acceptors (Lipinski definition) is 1. The molecule has 11 rings (SSSR count). The standard InChI is InChI=1S/C50H30OSe/c1-2-12-31(13-3-1)47-36-14-4-6-16-38(36)48(39-17-7-5-15-37(39)47)32-23-25-45-44(28-32)35-24-22-33(29-46(35)52-45)49-40-18-8-10-20-42(40)50(34-26-27-51-30-34)43-21-11-9-19-41(43)49/h1-30H. The zero-order valence-electron chi connectivity index (χ0n) is 28.1. The third-order valence-corrected chi connectivity index (χ3v) is 13.2. The van der Waals surface area contributed by atoms with Crippen LogP contribution in [-0.4, -0.2) is 14.5 Å². The van der Waals surface area contributed by atoms with Gasteiger partial charge in [-0.1, -0.05) is 0 Å². The third kappa shape index (κ3) is 4.42. The summed E-state index contributed by atoms with van der Waals surface area (Å²) < 4.78 is 8.46. The molecule has 242 valence electrons. The molecule has 2 heterocycles. The summed E-state index contributed by atoms with van der Waals surface area (Å²) in [5.74, 6) is 0. The molecule has 0 amide bonds. The molecule has 1 nitrogen and oxygen atoms in total. The maximum absolute atomic E-state index is 5.57. The molecule has 0 atom stereocenters. The zero-order chi connectivity index (χ0) is 34.2. The molecule has 0 unspecified atom stereocenters. The van der Waals surface area contributed by atoms with Gasteiger partial charge in [0.15, 0.2) is 0 Å². The van der Waals surface area contributed by atoms with Crippen molar-refractivity contribution in [1.29, 1.82) is 0 Å². The van der Waals surface area contributed by atoms with Gasteiger partial charge in [-0.2, -0.15) is 0 Å². The van der Waals surface area contributed by atoms with Crippen LogP contribution in [0.25, 0.3) is 107 Å². The van der Waals surface area contributed by atoms with E-state index >= 15 is 0 Å². The first-order valence-corrected chi connectivity index (χ1v) is 19.4. The van der Waals surface area contributed by atoms with Gasteiger partial charge in [-0.25, -0.2) is 0 Å². The van der Waals surface area contributed by atoms with Crippen LogP contribution in [0.2, 0.25) is 0 Å². The summed E-state index contributed by atoms with van der Waals surface area (Å²) in [5, 5.41) is 12.9. The molecule has 0 aliphatic heterocycles. The maximum atomic E-state index is 5.57. The minimum absolute atomic E-state index is 0.211. The van der Waals surface area contributed by atoms with Gasteiger partial charge in [0.2, 0.25) is 0 Å². The van der Waals surface area contributed by atoms with E-state index < -0.39 is 0 Å². The number of hydrogen-bond donors (Lipinski definition) is 0. The summed E-state index contributed by atoms with van der Waals surface area (Å²) in [6.07, 6.45) is 3.63. The summed E-state index contributed by atoms with van der Waals surface area (Å²) in [6.45, 7) is 0. The van der Waals surface area contributed by atoms with Gasteiger partial charge in [0.1, 0.15) is 0 Å². The van der Waals surface area contributed by atoms with E-state index in [9.17, 15) is 0 Å². The van der Waals surface area contributed by atoms with E-state index in [0.29, 0.717) is 0 Å². The van der Waals surface area contributed by atoms with Gasteiger partial charge in [0, 0.05) is 0 Å². The van der Waals surface area contributed by atoms with E-state index in [0.717, 1.165) is 5.56 Å². The van der Waals surface area contributed by atoms with Gasteiger partial charge in [0.25, 0.3) is 0 Å². The Morgan fingerprint density at radius 3 is 1.23 bits per heavy atom. The third-order valence-electron chi connectivity index (χ3n) is 10.8. The summed E-state index contributed by atoms with van der Waals surface area (Å²) in [4.78, 5) is 0. The molecule has 2 aromatic heterocycles. The minimum atomic E-state index is 0.211. The predicted octanol–water partition coefficient (Wildman–Crippen LogP) is 13.9. The first kappa shape index (κ1) is 29.5. The van der Waals surface area contributed by atoms with Gasteiger partial charge in [0.05, 0.1) is 0 Å². The van der Waals surface area contributed by atoms with E-state index in [1.807, 2.05) is 6.26 Å². The van der Waals surface area contributed by atoms with Crippen LogP contribution in [0.15, 0.2) is 187 Å². The summed E-state index contributed by atoms with van der Waals surface area (Å²) in [7, 11) is 0. The Hall–Kier alpha value is -6.18. The van der Waals surface area contributed by atoms with Crippen molar-refractivity contribution < 1.29 is 4.42 Å². The van der Waals surface area contributed by atoms with E-state index in [-0.39, 0.29) is 14.5 Å². The van der Waals surface area contributed by atoms with Crippen molar-refractivity contribution in [3.05, 3.63) is 182 Å². The molecule has 2 heteroatoms. The molecular formula is C50H30OSe. The normalized spacial score (nSPS) is 11.8. The van der Waals surface area contributed by atoms with E-state index in [2.05, 4.69) is 170 Å². The SMILES string of the molecule is c1ccc(-c2c3ccccc3c(-c3ccc4[se]c5cc(-c6c7ccccc7c(-c7ccoc7)c7ccccc67)ccc5c4c3)c3ccccc23)cc1. The molecule has 0 bridgehead atoms. The van der Waals surface area contributed by atoms with Gasteiger partial charge in [-0.3, -0.25) is 0 Å². The van der Waals surface area contributed by atoms with Gasteiger partial charge in [-0.05, 0) is 0 Å². The molecule has 0 aliphatic rings. The quantitative estimate of drug-likeness (QED) is 0.130. The van der Waals surface area contributed by atoms with Crippen LogP contribution in [0.1, 0.15) is 0 Å². The van der Waals surface area contributed by atoms with E-state index in [1.165, 1.54) is 101 Å². The molecule has 0 aliphatic carbocycles. The Morgan fingerprint density at radius 2 is 0.731 bits per heavy atom. The van der Waals surface area contributed by atoms with Crippen molar-refractivity contribution in [3.8, 4) is 44.5 Å². The first-order chi connectivity index (χ1) is 25.8. The van der Waals surface area contributed by atoms with Crippen LogP contribution >= 0.6 is 0 Å². The van der Waals surface area contributed by atoms with Crippen LogP contribution in [0, 0.1) is 0 Å². The molecule has 0 saturated heterocycles. The molecule has 11 aromatic rings. The predicted molar refractivity (Wildman–Crippen MR) is 222 cm³/mol. The fourth-order valence-electron chi connectivity index (χ4n) is 8.60. The fourth-order valence-corrected chi connectivity index (χ4v) is 11.0. The van der Waals surface area contributed by atoms with Crippen LogP contribution in [0.4, 0.5) is 0 Å². The van der Waals surface area contributed by atoms with Crippen molar-refractivity contribution in [2.24, 2.45) is 0 Å². The average molecular weight is 726 g/mol. The molecule has 0 fully saturated rings. The van der Waals surface area contributed by atoms with Crippen LogP contribution < -0.4 is 0 Å². The number of benzene rings is 9. The second-order valence-electron chi connectivity index (χ2n) is 13.6. The Morgan fingerprint density at radius 1 is 0.288 bits per heavy atom. The van der Waals surface area contributed by atoms with Gasteiger partial charge < -0.3 is 0 Å². The molecular weight excluding hydrogens is 696 g/mol. The van der Waals surface area contributed by atoms with Gasteiger partial charge in [-0.15, -0.1) is 0 Å². The molecule has 52 heavy (non-hydrogen) atoms. The van der Waals surface area contributed by atoms with Crippen molar-refractivity contribution >= 4 is 76.9 Å². The van der Waals surface area contributed by atoms with E-state index in [1.54, 1.807) is 6.26 Å². The van der Waals surface area contributed by atoms with Gasteiger partial charge >= 0.3 is 308 Å². The van der Waals surface area contributed by atoms with Crippen LogP contribution in [0.5, 0.6) is 0 Å². The summed E-state index contributed by atoms with van der Waals surface area (Å²) in [6, 6.07) is 62.9. The van der Waals surface area contributed by atoms with Crippen LogP contribution in [-0.2, 0) is 0 Å². The fraction of sp³-hybridized carbons (Fsp3) is 0. The zero-order valence-corrected chi connectivity index (χ0v) is 29.9. The molecule has 0 spiro atoms. The molecule has 0 saturated carbocycles. The summed E-state index contributed by atoms with van der Waals surface area (Å²) in [5.41, 5.74) is 10.0. The molecule has 0 N–H and O–H groups in total. The Bertz CT molecular complexity index is 3050. The van der Waals surface area contributed by atoms with E-state index in [4.69, 9.17) is 4.42 Å². The second kappa shape index (κ2) is 11.7.